The van der Waals surface area contributed by atoms with Gasteiger partial charge in [-0.1, -0.05) is 18.6 Å². The molecule has 0 amide bonds. The minimum Gasteiger partial charge on any atom is -0.331 e. The van der Waals surface area contributed by atoms with Gasteiger partial charge < -0.3 is 4.57 Å². The maximum absolute atomic E-state index is 12.3. The Hall–Kier alpha value is -1.29. The highest BCUT2D eigenvalue weighted by Gasteiger charge is 2.23. The van der Waals surface area contributed by atoms with Crippen LogP contribution in [0.25, 0.3) is 11.0 Å². The Bertz CT molecular complexity index is 599. The molecule has 4 heteroatoms. The van der Waals surface area contributed by atoms with E-state index < -0.39 is 0 Å². The molecule has 1 aromatic heterocycles. The molecule has 2 heterocycles. The van der Waals surface area contributed by atoms with E-state index in [2.05, 4.69) is 4.98 Å². The second-order valence-corrected chi connectivity index (χ2v) is 6.38. The lowest BCUT2D eigenvalue weighted by molar-refractivity contribution is -0.118. The largest absolute Gasteiger partial charge is 0.331 e. The van der Waals surface area contributed by atoms with Crippen LogP contribution in [0.4, 0.5) is 0 Å². The van der Waals surface area contributed by atoms with Crippen LogP contribution in [0, 0.1) is 0 Å². The van der Waals surface area contributed by atoms with Gasteiger partial charge in [0, 0.05) is 7.05 Å². The summed E-state index contributed by atoms with van der Waals surface area (Å²) in [6.07, 6.45) is 3.93. The molecule has 1 aromatic carbocycles. The van der Waals surface area contributed by atoms with Crippen LogP contribution in [0.1, 0.15) is 25.1 Å². The number of thioether (sulfide) groups is 1. The molecule has 1 saturated heterocycles. The summed E-state index contributed by atoms with van der Waals surface area (Å²) < 4.78 is 2.04. The SMILES string of the molecule is Cn1c(CC(=O)C2CCCCS2)nc2ccccc21. The molecule has 0 bridgehead atoms. The quantitative estimate of drug-likeness (QED) is 0.863. The number of benzene rings is 1. The molecule has 1 fully saturated rings. The number of fused-ring (bicyclic) bond motifs is 1. The Labute approximate surface area is 117 Å². The van der Waals surface area contributed by atoms with E-state index in [1.165, 1.54) is 12.8 Å². The van der Waals surface area contributed by atoms with Crippen molar-refractivity contribution in [3.63, 3.8) is 0 Å². The number of rotatable bonds is 3. The summed E-state index contributed by atoms with van der Waals surface area (Å²) in [6, 6.07) is 8.04. The number of hydrogen-bond acceptors (Lipinski definition) is 3. The Morgan fingerprint density at radius 2 is 2.26 bits per heavy atom. The second kappa shape index (κ2) is 5.37. The number of aromatic nitrogens is 2. The highest BCUT2D eigenvalue weighted by molar-refractivity contribution is 8.00. The molecule has 0 radical (unpaired) electrons. The number of hydrogen-bond donors (Lipinski definition) is 0. The van der Waals surface area contributed by atoms with Gasteiger partial charge in [0.2, 0.25) is 0 Å². The van der Waals surface area contributed by atoms with E-state index in [9.17, 15) is 4.79 Å². The number of ketones is 1. The van der Waals surface area contributed by atoms with Crippen LogP contribution in [0.2, 0.25) is 0 Å². The van der Waals surface area contributed by atoms with Gasteiger partial charge in [-0.3, -0.25) is 4.79 Å². The van der Waals surface area contributed by atoms with Crippen molar-refractivity contribution in [2.45, 2.75) is 30.9 Å². The normalized spacial score (nSPS) is 19.7. The number of nitrogens with zero attached hydrogens (tertiary/aromatic N) is 2. The number of Topliss-reactive ketones (excluding diaryl/α,β-unsaturated/α-hetero) is 1. The summed E-state index contributed by atoms with van der Waals surface area (Å²) in [4.78, 5) is 16.9. The van der Waals surface area contributed by atoms with Gasteiger partial charge in [0.05, 0.1) is 22.7 Å². The lowest BCUT2D eigenvalue weighted by Crippen LogP contribution is -2.23. The summed E-state index contributed by atoms with van der Waals surface area (Å²) in [5.41, 5.74) is 2.07. The summed E-state index contributed by atoms with van der Waals surface area (Å²) in [6.45, 7) is 0. The van der Waals surface area contributed by atoms with E-state index in [1.54, 1.807) is 0 Å². The van der Waals surface area contributed by atoms with Crippen molar-refractivity contribution in [1.29, 1.82) is 0 Å². The molecule has 1 unspecified atom stereocenters. The third kappa shape index (κ3) is 2.54. The Morgan fingerprint density at radius 1 is 1.42 bits per heavy atom. The van der Waals surface area contributed by atoms with E-state index in [0.29, 0.717) is 12.2 Å². The van der Waals surface area contributed by atoms with Crippen LogP contribution < -0.4 is 0 Å². The zero-order valence-corrected chi connectivity index (χ0v) is 11.9. The fourth-order valence-corrected chi connectivity index (χ4v) is 3.88. The van der Waals surface area contributed by atoms with Gasteiger partial charge in [-0.05, 0) is 30.7 Å². The molecule has 0 spiro atoms. The molecule has 1 aliphatic rings. The van der Waals surface area contributed by atoms with E-state index in [4.69, 9.17) is 0 Å². The van der Waals surface area contributed by atoms with Gasteiger partial charge in [0.25, 0.3) is 0 Å². The predicted molar refractivity (Wildman–Crippen MR) is 79.5 cm³/mol. The predicted octanol–water partition coefficient (Wildman–Crippen LogP) is 2.97. The third-order valence-electron chi connectivity index (χ3n) is 3.75. The zero-order valence-electron chi connectivity index (χ0n) is 11.1. The third-order valence-corrected chi connectivity index (χ3v) is 5.18. The lowest BCUT2D eigenvalue weighted by Gasteiger charge is -2.19. The van der Waals surface area contributed by atoms with Crippen molar-refractivity contribution in [3.05, 3.63) is 30.1 Å². The van der Waals surface area contributed by atoms with Gasteiger partial charge >= 0.3 is 0 Å². The Kier molecular flexibility index (Phi) is 3.60. The molecular formula is C15H18N2OS. The molecule has 1 atom stereocenters. The van der Waals surface area contributed by atoms with E-state index >= 15 is 0 Å². The molecule has 0 aliphatic carbocycles. The molecule has 3 rings (SSSR count). The number of carbonyl (C=O) groups excluding carboxylic acids is 1. The molecule has 0 N–H and O–H groups in total. The number of carbonyl (C=O) groups is 1. The van der Waals surface area contributed by atoms with Crippen LogP contribution in [-0.4, -0.2) is 26.3 Å². The van der Waals surface area contributed by atoms with Crippen LogP contribution in [-0.2, 0) is 18.3 Å². The first-order valence-electron chi connectivity index (χ1n) is 6.80. The molecule has 0 saturated carbocycles. The monoisotopic (exact) mass is 274 g/mol. The maximum atomic E-state index is 12.3. The average molecular weight is 274 g/mol. The van der Waals surface area contributed by atoms with E-state index in [0.717, 1.165) is 29.0 Å². The van der Waals surface area contributed by atoms with Crippen molar-refractivity contribution >= 4 is 28.6 Å². The van der Waals surface area contributed by atoms with Gasteiger partial charge in [0.15, 0.2) is 5.78 Å². The van der Waals surface area contributed by atoms with Gasteiger partial charge in [-0.15, -0.1) is 0 Å². The Balaban J connectivity index is 1.81. The van der Waals surface area contributed by atoms with Crippen molar-refractivity contribution in [3.8, 4) is 0 Å². The smallest absolute Gasteiger partial charge is 0.153 e. The standard InChI is InChI=1S/C15H18N2OS/c1-17-12-7-3-2-6-11(12)16-15(17)10-13(18)14-8-4-5-9-19-14/h2-3,6-7,14H,4-5,8-10H2,1H3. The first-order chi connectivity index (χ1) is 9.25. The fourth-order valence-electron chi connectivity index (χ4n) is 2.62. The van der Waals surface area contributed by atoms with Crippen LogP contribution in [0.3, 0.4) is 0 Å². The van der Waals surface area contributed by atoms with Gasteiger partial charge in [0.1, 0.15) is 5.82 Å². The molecule has 3 nitrogen and oxygen atoms in total. The topological polar surface area (TPSA) is 34.9 Å². The molecule has 1 aliphatic heterocycles. The summed E-state index contributed by atoms with van der Waals surface area (Å²) in [7, 11) is 1.99. The number of imidazole rings is 1. The highest BCUT2D eigenvalue weighted by atomic mass is 32.2. The number of aryl methyl sites for hydroxylation is 1. The second-order valence-electron chi connectivity index (χ2n) is 5.07. The zero-order chi connectivity index (χ0) is 13.2. The minimum absolute atomic E-state index is 0.188. The van der Waals surface area contributed by atoms with Crippen LogP contribution in [0.5, 0.6) is 0 Å². The van der Waals surface area contributed by atoms with E-state index in [-0.39, 0.29) is 5.25 Å². The summed E-state index contributed by atoms with van der Waals surface area (Å²) in [5.74, 6) is 2.35. The van der Waals surface area contributed by atoms with Crippen molar-refractivity contribution in [2.24, 2.45) is 7.05 Å². The first-order valence-corrected chi connectivity index (χ1v) is 7.85. The van der Waals surface area contributed by atoms with Crippen molar-refractivity contribution in [1.82, 2.24) is 9.55 Å². The first kappa shape index (κ1) is 12.7. The minimum atomic E-state index is 0.188. The molecule has 19 heavy (non-hydrogen) atoms. The molecule has 2 aromatic rings. The lowest BCUT2D eigenvalue weighted by atomic mass is 10.1. The summed E-state index contributed by atoms with van der Waals surface area (Å²) >= 11 is 1.82. The molecular weight excluding hydrogens is 256 g/mol. The van der Waals surface area contributed by atoms with Crippen molar-refractivity contribution < 1.29 is 4.79 Å². The van der Waals surface area contributed by atoms with Crippen LogP contribution >= 0.6 is 11.8 Å². The fraction of sp³-hybridized carbons (Fsp3) is 0.467. The van der Waals surface area contributed by atoms with Crippen molar-refractivity contribution in [2.75, 3.05) is 5.75 Å². The maximum Gasteiger partial charge on any atom is 0.153 e. The van der Waals surface area contributed by atoms with Crippen LogP contribution in [0.15, 0.2) is 24.3 Å². The average Bonchev–Trinajstić information content (AvgIpc) is 2.77. The Morgan fingerprint density at radius 3 is 3.00 bits per heavy atom. The van der Waals surface area contributed by atoms with Gasteiger partial charge in [-0.25, -0.2) is 4.98 Å². The number of para-hydroxylation sites is 2. The molecule has 100 valence electrons. The van der Waals surface area contributed by atoms with Gasteiger partial charge in [-0.2, -0.15) is 11.8 Å². The highest BCUT2D eigenvalue weighted by Crippen LogP contribution is 2.27. The summed E-state index contributed by atoms with van der Waals surface area (Å²) in [5, 5.41) is 0.188. The van der Waals surface area contributed by atoms with E-state index in [1.807, 2.05) is 47.6 Å².